The first-order valence-corrected chi connectivity index (χ1v) is 7.67. The van der Waals surface area contributed by atoms with Crippen LogP contribution >= 0.6 is 0 Å². The van der Waals surface area contributed by atoms with Gasteiger partial charge in [0.25, 0.3) is 0 Å². The minimum atomic E-state index is -0.751. The summed E-state index contributed by atoms with van der Waals surface area (Å²) >= 11 is 0. The fraction of sp³-hybridized carbons (Fsp3) is 0.588. The lowest BCUT2D eigenvalue weighted by atomic mass is 9.87. The van der Waals surface area contributed by atoms with Crippen LogP contribution in [0.3, 0.4) is 0 Å². The third-order valence-electron chi connectivity index (χ3n) is 4.13. The van der Waals surface area contributed by atoms with E-state index in [1.807, 2.05) is 44.2 Å². The number of esters is 1. The summed E-state index contributed by atoms with van der Waals surface area (Å²) in [5.74, 6) is -0.184. The van der Waals surface area contributed by atoms with Crippen molar-refractivity contribution in [2.24, 2.45) is 0 Å². The van der Waals surface area contributed by atoms with E-state index in [2.05, 4.69) is 5.32 Å². The molecular formula is C17H25NO2. The molecule has 1 aliphatic rings. The van der Waals surface area contributed by atoms with Crippen molar-refractivity contribution in [3.05, 3.63) is 35.9 Å². The molecule has 0 amide bonds. The van der Waals surface area contributed by atoms with E-state index in [9.17, 15) is 4.79 Å². The van der Waals surface area contributed by atoms with Crippen molar-refractivity contribution in [2.75, 3.05) is 6.61 Å². The van der Waals surface area contributed by atoms with E-state index in [0.717, 1.165) is 18.4 Å². The molecular weight excluding hydrogens is 250 g/mol. The average Bonchev–Trinajstić information content (AvgIpc) is 2.49. The topological polar surface area (TPSA) is 38.3 Å². The minimum absolute atomic E-state index is 0.184. The predicted molar refractivity (Wildman–Crippen MR) is 80.4 cm³/mol. The average molecular weight is 275 g/mol. The first-order chi connectivity index (χ1) is 9.66. The van der Waals surface area contributed by atoms with Crippen LogP contribution in [-0.4, -0.2) is 18.6 Å². The van der Waals surface area contributed by atoms with Crippen LogP contribution in [0.15, 0.2) is 30.3 Å². The molecule has 110 valence electrons. The Hall–Kier alpha value is -1.35. The fourth-order valence-electron chi connectivity index (χ4n) is 2.96. The standard InChI is InChI=1S/C17H25NO2/c1-3-20-16(19)17(2,14-10-6-4-7-11-14)18-15-12-8-5-9-13-15/h4,6-7,10-11,15,18H,3,5,8-9,12-13H2,1-2H3. The zero-order valence-corrected chi connectivity index (χ0v) is 12.5. The van der Waals surface area contributed by atoms with Gasteiger partial charge in [-0.25, -0.2) is 4.79 Å². The third-order valence-corrected chi connectivity index (χ3v) is 4.13. The second-order valence-corrected chi connectivity index (χ2v) is 5.69. The summed E-state index contributed by atoms with van der Waals surface area (Å²) in [5.41, 5.74) is 0.225. The van der Waals surface area contributed by atoms with Gasteiger partial charge in [-0.05, 0) is 32.3 Å². The van der Waals surface area contributed by atoms with Crippen LogP contribution in [-0.2, 0) is 15.1 Å². The van der Waals surface area contributed by atoms with Gasteiger partial charge in [-0.2, -0.15) is 0 Å². The Bertz CT molecular complexity index is 426. The molecule has 0 saturated heterocycles. The van der Waals surface area contributed by atoms with Crippen LogP contribution in [0.1, 0.15) is 51.5 Å². The molecule has 1 atom stereocenters. The maximum atomic E-state index is 12.5. The van der Waals surface area contributed by atoms with Crippen molar-refractivity contribution in [1.82, 2.24) is 5.32 Å². The van der Waals surface area contributed by atoms with Crippen molar-refractivity contribution in [2.45, 2.75) is 57.5 Å². The molecule has 1 unspecified atom stereocenters. The third kappa shape index (κ3) is 3.40. The van der Waals surface area contributed by atoms with Crippen molar-refractivity contribution in [1.29, 1.82) is 0 Å². The first kappa shape index (κ1) is 15.0. The van der Waals surface area contributed by atoms with E-state index in [0.29, 0.717) is 12.6 Å². The largest absolute Gasteiger partial charge is 0.464 e. The normalized spacial score (nSPS) is 19.3. The van der Waals surface area contributed by atoms with E-state index in [4.69, 9.17) is 4.74 Å². The molecule has 0 bridgehead atoms. The van der Waals surface area contributed by atoms with Crippen molar-refractivity contribution in [3.63, 3.8) is 0 Å². The minimum Gasteiger partial charge on any atom is -0.464 e. The highest BCUT2D eigenvalue weighted by Gasteiger charge is 2.38. The Morgan fingerprint density at radius 2 is 1.90 bits per heavy atom. The number of hydrogen-bond acceptors (Lipinski definition) is 3. The van der Waals surface area contributed by atoms with Gasteiger partial charge in [0.2, 0.25) is 0 Å². The lowest BCUT2D eigenvalue weighted by molar-refractivity contribution is -0.151. The molecule has 0 radical (unpaired) electrons. The highest BCUT2D eigenvalue weighted by molar-refractivity contribution is 5.82. The Morgan fingerprint density at radius 3 is 2.50 bits per heavy atom. The Morgan fingerprint density at radius 1 is 1.25 bits per heavy atom. The Labute approximate surface area is 121 Å². The molecule has 0 heterocycles. The number of rotatable bonds is 5. The number of carbonyl (C=O) groups excluding carboxylic acids is 1. The first-order valence-electron chi connectivity index (χ1n) is 7.67. The lowest BCUT2D eigenvalue weighted by Crippen LogP contribution is -2.52. The molecule has 20 heavy (non-hydrogen) atoms. The van der Waals surface area contributed by atoms with E-state index in [1.54, 1.807) is 0 Å². The molecule has 3 nitrogen and oxygen atoms in total. The molecule has 0 spiro atoms. The summed E-state index contributed by atoms with van der Waals surface area (Å²) < 4.78 is 5.30. The van der Waals surface area contributed by atoms with Gasteiger partial charge in [0.1, 0.15) is 5.54 Å². The molecule has 1 saturated carbocycles. The van der Waals surface area contributed by atoms with Crippen LogP contribution in [0.2, 0.25) is 0 Å². The summed E-state index contributed by atoms with van der Waals surface area (Å²) in [5, 5.41) is 3.56. The summed E-state index contributed by atoms with van der Waals surface area (Å²) in [7, 11) is 0. The zero-order chi connectivity index (χ0) is 14.4. The molecule has 1 aromatic rings. The van der Waals surface area contributed by atoms with Gasteiger partial charge in [0.15, 0.2) is 0 Å². The predicted octanol–water partition coefficient (Wildman–Crippen LogP) is 3.39. The molecule has 1 N–H and O–H groups in total. The molecule has 1 aromatic carbocycles. The number of benzene rings is 1. The van der Waals surface area contributed by atoms with Crippen LogP contribution in [0.25, 0.3) is 0 Å². The second kappa shape index (κ2) is 6.89. The van der Waals surface area contributed by atoms with Crippen molar-refractivity contribution in [3.8, 4) is 0 Å². The van der Waals surface area contributed by atoms with Gasteiger partial charge in [0, 0.05) is 6.04 Å². The maximum absolute atomic E-state index is 12.5. The Balaban J connectivity index is 2.21. The SMILES string of the molecule is CCOC(=O)C(C)(NC1CCCCC1)c1ccccc1. The van der Waals surface area contributed by atoms with Gasteiger partial charge in [-0.3, -0.25) is 5.32 Å². The summed E-state index contributed by atoms with van der Waals surface area (Å²) in [6, 6.07) is 10.3. The number of nitrogens with one attached hydrogen (secondary N) is 1. The van der Waals surface area contributed by atoms with Crippen molar-refractivity contribution >= 4 is 5.97 Å². The highest BCUT2D eigenvalue weighted by atomic mass is 16.5. The summed E-state index contributed by atoms with van der Waals surface area (Å²) in [4.78, 5) is 12.5. The zero-order valence-electron chi connectivity index (χ0n) is 12.5. The highest BCUT2D eigenvalue weighted by Crippen LogP contribution is 2.27. The molecule has 1 fully saturated rings. The number of hydrogen-bond donors (Lipinski definition) is 1. The summed E-state index contributed by atoms with van der Waals surface area (Å²) in [6.45, 7) is 4.20. The van der Waals surface area contributed by atoms with Crippen LogP contribution in [0, 0.1) is 0 Å². The molecule has 1 aliphatic carbocycles. The van der Waals surface area contributed by atoms with E-state index in [1.165, 1.54) is 19.3 Å². The maximum Gasteiger partial charge on any atom is 0.330 e. The van der Waals surface area contributed by atoms with Gasteiger partial charge in [-0.1, -0.05) is 49.6 Å². The smallest absolute Gasteiger partial charge is 0.330 e. The van der Waals surface area contributed by atoms with Crippen LogP contribution in [0.5, 0.6) is 0 Å². The van der Waals surface area contributed by atoms with E-state index < -0.39 is 5.54 Å². The fourth-order valence-corrected chi connectivity index (χ4v) is 2.96. The van der Waals surface area contributed by atoms with Gasteiger partial charge < -0.3 is 4.74 Å². The Kier molecular flexibility index (Phi) is 5.18. The molecule has 0 aromatic heterocycles. The molecule has 0 aliphatic heterocycles. The molecule has 3 heteroatoms. The van der Waals surface area contributed by atoms with Crippen LogP contribution < -0.4 is 5.32 Å². The van der Waals surface area contributed by atoms with Crippen molar-refractivity contribution < 1.29 is 9.53 Å². The van der Waals surface area contributed by atoms with E-state index >= 15 is 0 Å². The number of carbonyl (C=O) groups is 1. The second-order valence-electron chi connectivity index (χ2n) is 5.69. The van der Waals surface area contributed by atoms with E-state index in [-0.39, 0.29) is 5.97 Å². The quantitative estimate of drug-likeness (QED) is 0.837. The lowest BCUT2D eigenvalue weighted by Gasteiger charge is -2.35. The molecule has 2 rings (SSSR count). The number of ether oxygens (including phenoxy) is 1. The monoisotopic (exact) mass is 275 g/mol. The van der Waals surface area contributed by atoms with Crippen LogP contribution in [0.4, 0.5) is 0 Å². The summed E-state index contributed by atoms with van der Waals surface area (Å²) in [6.07, 6.45) is 6.07. The van der Waals surface area contributed by atoms with Gasteiger partial charge >= 0.3 is 5.97 Å². The van der Waals surface area contributed by atoms with Gasteiger partial charge in [0.05, 0.1) is 6.61 Å². The van der Waals surface area contributed by atoms with Gasteiger partial charge in [-0.15, -0.1) is 0 Å².